The van der Waals surface area contributed by atoms with Crippen molar-refractivity contribution in [2.45, 2.75) is 13.8 Å². The summed E-state index contributed by atoms with van der Waals surface area (Å²) in [5.74, 6) is 1.50. The van der Waals surface area contributed by atoms with Crippen LogP contribution in [0.15, 0.2) is 4.99 Å². The fourth-order valence-corrected chi connectivity index (χ4v) is 1.25. The summed E-state index contributed by atoms with van der Waals surface area (Å²) in [5, 5.41) is 6.57. The first kappa shape index (κ1) is 20.2. The Morgan fingerprint density at radius 2 is 1.94 bits per heavy atom. The molecular weight excluding hydrogens is 343 g/mol. The molecule has 0 saturated carbocycles. The Hall–Kier alpha value is -0.0800. The maximum absolute atomic E-state index is 5.03. The van der Waals surface area contributed by atoms with Crippen molar-refractivity contribution >= 4 is 29.9 Å². The molecule has 5 nitrogen and oxygen atoms in total. The third kappa shape index (κ3) is 12.4. The quantitative estimate of drug-likeness (QED) is 0.379. The van der Waals surface area contributed by atoms with Gasteiger partial charge in [-0.3, -0.25) is 4.99 Å². The molecule has 0 aliphatic carbocycles. The number of nitrogens with zero attached hydrogens (tertiary/aromatic N) is 2. The SMILES string of the molecule is CN=C(NCCN(C)CCOC)NCC(C)C.I. The summed E-state index contributed by atoms with van der Waals surface area (Å²) >= 11 is 0. The van der Waals surface area contributed by atoms with E-state index in [2.05, 4.69) is 41.4 Å². The molecule has 0 rings (SSSR count). The standard InChI is InChI=1S/C12H28N4O.HI/c1-11(2)10-15-12(13-3)14-6-7-16(4)8-9-17-5;/h11H,6-10H2,1-5H3,(H2,13,14,15);1H. The first-order valence-electron chi connectivity index (χ1n) is 6.22. The third-order valence-electron chi connectivity index (χ3n) is 2.36. The van der Waals surface area contributed by atoms with E-state index in [0.717, 1.165) is 38.7 Å². The van der Waals surface area contributed by atoms with Gasteiger partial charge in [0.2, 0.25) is 0 Å². The Balaban J connectivity index is 0. The second-order valence-corrected chi connectivity index (χ2v) is 4.57. The number of ether oxygens (including phenoxy) is 1. The number of halogens is 1. The highest BCUT2D eigenvalue weighted by atomic mass is 127. The fraction of sp³-hybridized carbons (Fsp3) is 0.917. The summed E-state index contributed by atoms with van der Waals surface area (Å²) < 4.78 is 5.03. The number of nitrogens with one attached hydrogen (secondary N) is 2. The smallest absolute Gasteiger partial charge is 0.191 e. The number of methoxy groups -OCH3 is 1. The monoisotopic (exact) mass is 372 g/mol. The predicted octanol–water partition coefficient (Wildman–Crippen LogP) is 1.00. The summed E-state index contributed by atoms with van der Waals surface area (Å²) in [7, 11) is 5.61. The molecule has 0 radical (unpaired) electrons. The lowest BCUT2D eigenvalue weighted by Gasteiger charge is -2.18. The molecule has 2 N–H and O–H groups in total. The van der Waals surface area contributed by atoms with Gasteiger partial charge in [-0.2, -0.15) is 0 Å². The normalized spacial score (nSPS) is 11.6. The van der Waals surface area contributed by atoms with Crippen LogP contribution in [0.25, 0.3) is 0 Å². The number of aliphatic imine (C=N–C) groups is 1. The van der Waals surface area contributed by atoms with Gasteiger partial charge in [0.05, 0.1) is 6.61 Å². The van der Waals surface area contributed by atoms with Crippen molar-refractivity contribution in [2.75, 3.05) is 54.0 Å². The average molecular weight is 372 g/mol. The second kappa shape index (κ2) is 13.4. The lowest BCUT2D eigenvalue weighted by Crippen LogP contribution is -2.42. The molecule has 0 amide bonds. The van der Waals surface area contributed by atoms with E-state index in [1.807, 2.05) is 0 Å². The van der Waals surface area contributed by atoms with Crippen LogP contribution in [-0.2, 0) is 4.74 Å². The zero-order chi connectivity index (χ0) is 13.1. The topological polar surface area (TPSA) is 48.9 Å². The molecule has 0 aromatic carbocycles. The van der Waals surface area contributed by atoms with E-state index >= 15 is 0 Å². The van der Waals surface area contributed by atoms with E-state index in [1.54, 1.807) is 14.2 Å². The molecule has 0 spiro atoms. The van der Waals surface area contributed by atoms with Crippen LogP contribution >= 0.6 is 24.0 Å². The first-order valence-corrected chi connectivity index (χ1v) is 6.22. The molecule has 6 heteroatoms. The van der Waals surface area contributed by atoms with Crippen molar-refractivity contribution in [3.05, 3.63) is 0 Å². The molecule has 0 aliphatic rings. The number of likely N-dealkylation sites (N-methyl/N-ethyl adjacent to an activating group) is 1. The summed E-state index contributed by atoms with van der Waals surface area (Å²) in [6.07, 6.45) is 0. The molecule has 0 atom stereocenters. The van der Waals surface area contributed by atoms with Crippen LogP contribution in [0.3, 0.4) is 0 Å². The maximum atomic E-state index is 5.03. The molecule has 0 aromatic heterocycles. The Kier molecular flexibility index (Phi) is 15.0. The minimum Gasteiger partial charge on any atom is -0.383 e. The molecule has 0 heterocycles. The Bertz CT molecular complexity index is 212. The van der Waals surface area contributed by atoms with Gasteiger partial charge in [0, 0.05) is 40.3 Å². The van der Waals surface area contributed by atoms with Crippen LogP contribution in [0.2, 0.25) is 0 Å². The van der Waals surface area contributed by atoms with Gasteiger partial charge in [-0.05, 0) is 13.0 Å². The number of hydrogen-bond donors (Lipinski definition) is 2. The van der Waals surface area contributed by atoms with Crippen molar-refractivity contribution < 1.29 is 4.74 Å². The second-order valence-electron chi connectivity index (χ2n) is 4.57. The predicted molar refractivity (Wildman–Crippen MR) is 89.0 cm³/mol. The number of rotatable bonds is 8. The zero-order valence-corrected chi connectivity index (χ0v) is 14.7. The van der Waals surface area contributed by atoms with Crippen LogP contribution in [0, 0.1) is 5.92 Å². The van der Waals surface area contributed by atoms with Gasteiger partial charge in [0.1, 0.15) is 0 Å². The van der Waals surface area contributed by atoms with E-state index in [4.69, 9.17) is 4.74 Å². The molecule has 0 aliphatic heterocycles. The van der Waals surface area contributed by atoms with Crippen LogP contribution in [-0.4, -0.2) is 64.9 Å². The lowest BCUT2D eigenvalue weighted by molar-refractivity contribution is 0.162. The van der Waals surface area contributed by atoms with E-state index in [-0.39, 0.29) is 24.0 Å². The largest absolute Gasteiger partial charge is 0.383 e. The third-order valence-corrected chi connectivity index (χ3v) is 2.36. The first-order chi connectivity index (χ1) is 8.10. The van der Waals surface area contributed by atoms with Crippen molar-refractivity contribution in [3.63, 3.8) is 0 Å². The summed E-state index contributed by atoms with van der Waals surface area (Å²) in [4.78, 5) is 6.40. The number of guanidine groups is 1. The summed E-state index contributed by atoms with van der Waals surface area (Å²) in [5.41, 5.74) is 0. The average Bonchev–Trinajstić information content (AvgIpc) is 2.30. The van der Waals surface area contributed by atoms with Crippen LogP contribution in [0.4, 0.5) is 0 Å². The zero-order valence-electron chi connectivity index (χ0n) is 12.3. The molecular formula is C12H29IN4O. The van der Waals surface area contributed by atoms with E-state index < -0.39 is 0 Å². The van der Waals surface area contributed by atoms with Gasteiger partial charge in [-0.15, -0.1) is 24.0 Å². The highest BCUT2D eigenvalue weighted by molar-refractivity contribution is 14.0. The van der Waals surface area contributed by atoms with Gasteiger partial charge in [0.25, 0.3) is 0 Å². The molecule has 0 bridgehead atoms. The van der Waals surface area contributed by atoms with Crippen molar-refractivity contribution in [1.29, 1.82) is 0 Å². The molecule has 0 unspecified atom stereocenters. The van der Waals surface area contributed by atoms with Crippen molar-refractivity contribution in [1.82, 2.24) is 15.5 Å². The summed E-state index contributed by atoms with van der Waals surface area (Å²) in [6, 6.07) is 0. The van der Waals surface area contributed by atoms with Crippen molar-refractivity contribution in [3.8, 4) is 0 Å². The molecule has 0 fully saturated rings. The number of hydrogen-bond acceptors (Lipinski definition) is 3. The highest BCUT2D eigenvalue weighted by Crippen LogP contribution is 1.86. The van der Waals surface area contributed by atoms with Gasteiger partial charge in [-0.1, -0.05) is 13.8 Å². The minimum absolute atomic E-state index is 0. The van der Waals surface area contributed by atoms with E-state index in [0.29, 0.717) is 5.92 Å². The Morgan fingerprint density at radius 3 is 2.44 bits per heavy atom. The summed E-state index contributed by atoms with van der Waals surface area (Å²) in [6.45, 7) is 8.90. The van der Waals surface area contributed by atoms with E-state index in [9.17, 15) is 0 Å². The minimum atomic E-state index is 0. The van der Waals surface area contributed by atoms with Crippen molar-refractivity contribution in [2.24, 2.45) is 10.9 Å². The van der Waals surface area contributed by atoms with Gasteiger partial charge in [-0.25, -0.2) is 0 Å². The van der Waals surface area contributed by atoms with Gasteiger partial charge in [0.15, 0.2) is 5.96 Å². The van der Waals surface area contributed by atoms with Crippen LogP contribution in [0.1, 0.15) is 13.8 Å². The van der Waals surface area contributed by atoms with Crippen LogP contribution < -0.4 is 10.6 Å². The fourth-order valence-electron chi connectivity index (χ4n) is 1.25. The Morgan fingerprint density at radius 1 is 1.28 bits per heavy atom. The van der Waals surface area contributed by atoms with Gasteiger partial charge < -0.3 is 20.3 Å². The van der Waals surface area contributed by atoms with Gasteiger partial charge >= 0.3 is 0 Å². The highest BCUT2D eigenvalue weighted by Gasteiger charge is 2.00. The van der Waals surface area contributed by atoms with Crippen LogP contribution in [0.5, 0.6) is 0 Å². The molecule has 0 saturated heterocycles. The Labute approximate surface area is 129 Å². The molecule has 110 valence electrons. The maximum Gasteiger partial charge on any atom is 0.191 e. The lowest BCUT2D eigenvalue weighted by atomic mass is 10.2. The van der Waals surface area contributed by atoms with E-state index in [1.165, 1.54) is 0 Å². The molecule has 18 heavy (non-hydrogen) atoms. The molecule has 0 aromatic rings.